The minimum Gasteiger partial charge on any atom is -0.358 e. The molecule has 0 aromatic carbocycles. The van der Waals surface area contributed by atoms with Gasteiger partial charge >= 0.3 is 0 Å². The van der Waals surface area contributed by atoms with Crippen LogP contribution in [0, 0.1) is 11.3 Å². The fourth-order valence-corrected chi connectivity index (χ4v) is 2.19. The topological polar surface area (TPSA) is 27.0 Å². The average molecular weight is 202 g/mol. The van der Waals surface area contributed by atoms with Crippen molar-refractivity contribution in [1.82, 2.24) is 4.90 Å². The Morgan fingerprint density at radius 3 is 2.42 bits per heavy atom. The monoisotopic (exact) mass is 202 g/mol. The van der Waals surface area contributed by atoms with E-state index in [0.717, 1.165) is 17.4 Å². The third-order valence-corrected chi connectivity index (χ3v) is 2.95. The van der Waals surface area contributed by atoms with Crippen LogP contribution in [0.5, 0.6) is 0 Å². The molecule has 0 N–H and O–H groups in total. The highest BCUT2D eigenvalue weighted by atomic mass is 32.2. The van der Waals surface area contributed by atoms with Crippen molar-refractivity contribution >= 4 is 28.3 Å². The first kappa shape index (κ1) is 11.7. The van der Waals surface area contributed by atoms with E-state index in [1.807, 2.05) is 6.92 Å². The van der Waals surface area contributed by atoms with E-state index in [1.165, 1.54) is 11.8 Å². The minimum atomic E-state index is -0.0434. The van der Waals surface area contributed by atoms with E-state index in [1.54, 1.807) is 0 Å². The molecule has 0 bridgehead atoms. The van der Waals surface area contributed by atoms with E-state index < -0.39 is 0 Å². The first-order valence-corrected chi connectivity index (χ1v) is 5.29. The van der Waals surface area contributed by atoms with Gasteiger partial charge in [-0.3, -0.25) is 0 Å². The molecule has 0 aliphatic carbocycles. The standard InChI is InChI=1S/C8H14N2S2/c1-4-10(5-2)8(11)12-7(3)6-9/h7H,4-5H2,1-3H3. The summed E-state index contributed by atoms with van der Waals surface area (Å²) in [7, 11) is 0. The van der Waals surface area contributed by atoms with Crippen molar-refractivity contribution in [3.8, 4) is 6.07 Å². The van der Waals surface area contributed by atoms with E-state index in [4.69, 9.17) is 17.5 Å². The second-order valence-electron chi connectivity index (χ2n) is 2.33. The molecule has 0 rings (SSSR count). The zero-order chi connectivity index (χ0) is 9.56. The first-order chi connectivity index (χ1) is 5.65. The Hall–Kier alpha value is -0.270. The van der Waals surface area contributed by atoms with Gasteiger partial charge in [-0.15, -0.1) is 0 Å². The van der Waals surface area contributed by atoms with Crippen molar-refractivity contribution in [3.05, 3.63) is 0 Å². The lowest BCUT2D eigenvalue weighted by molar-refractivity contribution is 0.482. The highest BCUT2D eigenvalue weighted by Crippen LogP contribution is 2.14. The predicted octanol–water partition coefficient (Wildman–Crippen LogP) is 2.26. The predicted molar refractivity (Wildman–Crippen MR) is 58.2 cm³/mol. The highest BCUT2D eigenvalue weighted by molar-refractivity contribution is 8.23. The number of nitriles is 1. The molecule has 2 nitrogen and oxygen atoms in total. The maximum absolute atomic E-state index is 8.56. The van der Waals surface area contributed by atoms with E-state index >= 15 is 0 Å². The Morgan fingerprint density at radius 1 is 1.58 bits per heavy atom. The van der Waals surface area contributed by atoms with Gasteiger partial charge in [0.1, 0.15) is 4.32 Å². The Balaban J connectivity index is 3.94. The van der Waals surface area contributed by atoms with Gasteiger partial charge in [0.05, 0.1) is 11.3 Å². The molecular weight excluding hydrogens is 188 g/mol. The lowest BCUT2D eigenvalue weighted by Gasteiger charge is -2.21. The number of nitrogens with zero attached hydrogens (tertiary/aromatic N) is 2. The van der Waals surface area contributed by atoms with Crippen LogP contribution in [0.1, 0.15) is 20.8 Å². The minimum absolute atomic E-state index is 0.0434. The molecule has 1 unspecified atom stereocenters. The third-order valence-electron chi connectivity index (χ3n) is 1.48. The fourth-order valence-electron chi connectivity index (χ4n) is 0.734. The van der Waals surface area contributed by atoms with Crippen molar-refractivity contribution in [1.29, 1.82) is 5.26 Å². The Kier molecular flexibility index (Phi) is 6.13. The van der Waals surface area contributed by atoms with Crippen LogP contribution in [-0.2, 0) is 0 Å². The molecule has 0 aromatic rings. The molecule has 12 heavy (non-hydrogen) atoms. The normalized spacial score (nSPS) is 11.8. The molecule has 0 aliphatic heterocycles. The average Bonchev–Trinajstić information content (AvgIpc) is 2.06. The van der Waals surface area contributed by atoms with Crippen LogP contribution in [0.4, 0.5) is 0 Å². The van der Waals surface area contributed by atoms with Gasteiger partial charge in [-0.2, -0.15) is 5.26 Å². The van der Waals surface area contributed by atoms with Gasteiger partial charge in [0.25, 0.3) is 0 Å². The molecule has 0 saturated heterocycles. The third kappa shape index (κ3) is 3.93. The maximum Gasteiger partial charge on any atom is 0.137 e. The van der Waals surface area contributed by atoms with Gasteiger partial charge < -0.3 is 4.90 Å². The number of thioether (sulfide) groups is 1. The maximum atomic E-state index is 8.56. The lowest BCUT2D eigenvalue weighted by Crippen LogP contribution is -2.27. The van der Waals surface area contributed by atoms with Gasteiger partial charge in [0.15, 0.2) is 0 Å². The van der Waals surface area contributed by atoms with Crippen LogP contribution < -0.4 is 0 Å². The van der Waals surface area contributed by atoms with Crippen molar-refractivity contribution in [2.45, 2.75) is 26.0 Å². The molecule has 0 aliphatic rings. The van der Waals surface area contributed by atoms with Crippen molar-refractivity contribution < 1.29 is 0 Å². The Bertz CT molecular complexity index is 182. The van der Waals surface area contributed by atoms with Crippen LogP contribution in [-0.4, -0.2) is 27.6 Å². The molecule has 68 valence electrons. The summed E-state index contributed by atoms with van der Waals surface area (Å²) in [6, 6.07) is 2.15. The molecule has 0 spiro atoms. The van der Waals surface area contributed by atoms with E-state index in [9.17, 15) is 0 Å². The number of thiocarbonyl (C=S) groups is 1. The molecule has 0 aromatic heterocycles. The summed E-state index contributed by atoms with van der Waals surface area (Å²) in [4.78, 5) is 2.08. The highest BCUT2D eigenvalue weighted by Gasteiger charge is 2.09. The van der Waals surface area contributed by atoms with Gasteiger partial charge in [0, 0.05) is 13.1 Å². The van der Waals surface area contributed by atoms with Crippen molar-refractivity contribution in [3.63, 3.8) is 0 Å². The summed E-state index contributed by atoms with van der Waals surface area (Å²) >= 11 is 6.61. The zero-order valence-corrected chi connectivity index (χ0v) is 9.34. The zero-order valence-electron chi connectivity index (χ0n) is 7.70. The molecule has 1 atom stereocenters. The van der Waals surface area contributed by atoms with Crippen molar-refractivity contribution in [2.75, 3.05) is 13.1 Å². The second kappa shape index (κ2) is 6.27. The molecule has 0 amide bonds. The molecule has 0 fully saturated rings. The molecule has 0 radical (unpaired) electrons. The summed E-state index contributed by atoms with van der Waals surface area (Å²) in [5, 5.41) is 8.52. The number of hydrogen-bond acceptors (Lipinski definition) is 3. The van der Waals surface area contributed by atoms with Crippen molar-refractivity contribution in [2.24, 2.45) is 0 Å². The summed E-state index contributed by atoms with van der Waals surface area (Å²) < 4.78 is 0.828. The van der Waals surface area contributed by atoms with Gasteiger partial charge in [-0.05, 0) is 20.8 Å². The molecular formula is C8H14N2S2. The summed E-state index contributed by atoms with van der Waals surface area (Å²) in [5.41, 5.74) is 0. The fraction of sp³-hybridized carbons (Fsp3) is 0.750. The second-order valence-corrected chi connectivity index (χ2v) is 4.30. The van der Waals surface area contributed by atoms with Crippen LogP contribution >= 0.6 is 24.0 Å². The Labute approximate surface area is 83.9 Å². The SMILES string of the molecule is CCN(CC)C(=S)SC(C)C#N. The quantitative estimate of drug-likeness (QED) is 0.656. The summed E-state index contributed by atoms with van der Waals surface area (Å²) in [6.07, 6.45) is 0. The van der Waals surface area contributed by atoms with E-state index in [-0.39, 0.29) is 5.25 Å². The molecule has 0 saturated carbocycles. The smallest absolute Gasteiger partial charge is 0.137 e. The lowest BCUT2D eigenvalue weighted by atomic mass is 10.5. The molecule has 0 heterocycles. The van der Waals surface area contributed by atoms with Gasteiger partial charge in [-0.25, -0.2) is 0 Å². The van der Waals surface area contributed by atoms with Crippen LogP contribution in [0.25, 0.3) is 0 Å². The first-order valence-electron chi connectivity index (χ1n) is 4.00. The van der Waals surface area contributed by atoms with Crippen LogP contribution in [0.2, 0.25) is 0 Å². The van der Waals surface area contributed by atoms with Gasteiger partial charge in [-0.1, -0.05) is 24.0 Å². The molecule has 4 heteroatoms. The number of hydrogen-bond donors (Lipinski definition) is 0. The summed E-state index contributed by atoms with van der Waals surface area (Å²) in [5.74, 6) is 0. The Morgan fingerprint density at radius 2 is 2.08 bits per heavy atom. The number of rotatable bonds is 3. The largest absolute Gasteiger partial charge is 0.358 e. The van der Waals surface area contributed by atoms with Gasteiger partial charge in [0.2, 0.25) is 0 Å². The van der Waals surface area contributed by atoms with Crippen LogP contribution in [0.15, 0.2) is 0 Å². The van der Waals surface area contributed by atoms with E-state index in [0.29, 0.717) is 0 Å². The van der Waals surface area contributed by atoms with Crippen LogP contribution in [0.3, 0.4) is 0 Å². The van der Waals surface area contributed by atoms with E-state index in [2.05, 4.69) is 24.8 Å². The summed E-state index contributed by atoms with van der Waals surface area (Å²) in [6.45, 7) is 7.82.